The van der Waals surface area contributed by atoms with Crippen LogP contribution in [0.25, 0.3) is 0 Å². The number of halogens is 1. The fourth-order valence-corrected chi connectivity index (χ4v) is 3.37. The molecule has 0 aliphatic carbocycles. The molecule has 0 aromatic heterocycles. The van der Waals surface area contributed by atoms with E-state index in [4.69, 9.17) is 0 Å². The van der Waals surface area contributed by atoms with Crippen LogP contribution in [-0.2, 0) is 4.79 Å². The number of carbonyl (C=O) groups is 1. The van der Waals surface area contributed by atoms with Crippen molar-refractivity contribution in [1.29, 1.82) is 0 Å². The van der Waals surface area contributed by atoms with Crippen LogP contribution in [0.15, 0.2) is 0 Å². The number of hydrogen-bond acceptors (Lipinski definition) is 2. The molecule has 2 unspecified atom stereocenters. The van der Waals surface area contributed by atoms with Crippen LogP contribution in [0, 0.1) is 5.92 Å². The molecule has 2 atom stereocenters. The highest BCUT2D eigenvalue weighted by atomic mass is 127. The van der Waals surface area contributed by atoms with Gasteiger partial charge in [-0.15, -0.1) is 0 Å². The van der Waals surface area contributed by atoms with Crippen molar-refractivity contribution in [2.45, 2.75) is 17.3 Å². The highest BCUT2D eigenvalue weighted by Gasteiger charge is 2.27. The zero-order chi connectivity index (χ0) is 9.14. The van der Waals surface area contributed by atoms with E-state index in [1.54, 1.807) is 6.92 Å². The lowest BCUT2D eigenvalue weighted by molar-refractivity contribution is -0.129. The lowest BCUT2D eigenvalue weighted by atomic mass is 9.99. The molecule has 1 saturated heterocycles. The van der Waals surface area contributed by atoms with Gasteiger partial charge in [-0.2, -0.15) is 12.6 Å². The number of hydrogen-bond donors (Lipinski definition) is 1. The number of piperidine rings is 1. The molecule has 1 aliphatic heterocycles. The minimum atomic E-state index is 0.203. The molecule has 1 rings (SSSR count). The number of carbonyl (C=O) groups excluding carboxylic acids is 1. The first-order valence-electron chi connectivity index (χ1n) is 4.15. The predicted molar refractivity (Wildman–Crippen MR) is 62.0 cm³/mol. The Balaban J connectivity index is 2.46. The molecule has 0 N–H and O–H groups in total. The highest BCUT2D eigenvalue weighted by Crippen LogP contribution is 2.25. The van der Waals surface area contributed by atoms with E-state index in [1.807, 2.05) is 4.90 Å². The Morgan fingerprint density at radius 1 is 1.75 bits per heavy atom. The number of alkyl halides is 1. The van der Waals surface area contributed by atoms with Gasteiger partial charge in [-0.3, -0.25) is 4.79 Å². The second-order valence-corrected chi connectivity index (χ2v) is 5.18. The third-order valence-corrected chi connectivity index (χ3v) is 4.24. The molecule has 2 nitrogen and oxygen atoms in total. The van der Waals surface area contributed by atoms with Crippen LogP contribution in [0.3, 0.4) is 0 Å². The second-order valence-electron chi connectivity index (χ2n) is 3.21. The Morgan fingerprint density at radius 2 is 2.42 bits per heavy atom. The van der Waals surface area contributed by atoms with Gasteiger partial charge in [0.2, 0.25) is 5.91 Å². The zero-order valence-electron chi connectivity index (χ0n) is 7.16. The van der Waals surface area contributed by atoms with Crippen molar-refractivity contribution in [3.8, 4) is 0 Å². The molecule has 1 fully saturated rings. The number of nitrogens with zero attached hydrogens (tertiary/aromatic N) is 1. The molecule has 12 heavy (non-hydrogen) atoms. The van der Waals surface area contributed by atoms with Gasteiger partial charge in [-0.25, -0.2) is 0 Å². The van der Waals surface area contributed by atoms with Gasteiger partial charge in [0, 0.05) is 23.9 Å². The van der Waals surface area contributed by atoms with E-state index >= 15 is 0 Å². The Kier molecular flexibility index (Phi) is 4.16. The van der Waals surface area contributed by atoms with Crippen molar-refractivity contribution < 1.29 is 4.79 Å². The first kappa shape index (κ1) is 10.6. The van der Waals surface area contributed by atoms with E-state index in [0.29, 0.717) is 9.84 Å². The molecule has 4 heteroatoms. The molecule has 70 valence electrons. The van der Waals surface area contributed by atoms with Gasteiger partial charge < -0.3 is 4.90 Å². The molecule has 0 saturated carbocycles. The molecule has 0 spiro atoms. The number of thiol groups is 1. The summed E-state index contributed by atoms with van der Waals surface area (Å²) in [7, 11) is 0. The van der Waals surface area contributed by atoms with E-state index in [0.717, 1.165) is 25.3 Å². The van der Waals surface area contributed by atoms with Gasteiger partial charge in [0.05, 0.1) is 0 Å². The van der Waals surface area contributed by atoms with E-state index < -0.39 is 0 Å². The standard InChI is InChI=1S/C8H14INOS/c1-6(11)10-3-2-7(5-12)8(9)4-10/h7-8,12H,2-5H2,1H3. The van der Waals surface area contributed by atoms with Crippen molar-refractivity contribution in [2.75, 3.05) is 18.8 Å². The van der Waals surface area contributed by atoms with Crippen LogP contribution < -0.4 is 0 Å². The predicted octanol–water partition coefficient (Wildman–Crippen LogP) is 1.59. The van der Waals surface area contributed by atoms with Crippen molar-refractivity contribution in [2.24, 2.45) is 5.92 Å². The van der Waals surface area contributed by atoms with Gasteiger partial charge in [0.25, 0.3) is 0 Å². The van der Waals surface area contributed by atoms with Crippen LogP contribution in [-0.4, -0.2) is 33.6 Å². The molecule has 0 aromatic carbocycles. The van der Waals surface area contributed by atoms with Gasteiger partial charge in [0.1, 0.15) is 0 Å². The van der Waals surface area contributed by atoms with Crippen molar-refractivity contribution >= 4 is 41.1 Å². The topological polar surface area (TPSA) is 20.3 Å². The number of likely N-dealkylation sites (tertiary alicyclic amines) is 1. The summed E-state index contributed by atoms with van der Waals surface area (Å²) in [6.07, 6.45) is 1.11. The van der Waals surface area contributed by atoms with E-state index in [9.17, 15) is 4.79 Å². The average molecular weight is 299 g/mol. The van der Waals surface area contributed by atoms with E-state index in [2.05, 4.69) is 35.2 Å². The molecule has 0 bridgehead atoms. The zero-order valence-corrected chi connectivity index (χ0v) is 10.2. The smallest absolute Gasteiger partial charge is 0.219 e. The van der Waals surface area contributed by atoms with Crippen LogP contribution in [0.1, 0.15) is 13.3 Å². The third kappa shape index (κ3) is 2.52. The fraction of sp³-hybridized carbons (Fsp3) is 0.875. The van der Waals surface area contributed by atoms with Gasteiger partial charge in [0.15, 0.2) is 0 Å². The maximum absolute atomic E-state index is 11.0. The normalized spacial score (nSPS) is 30.4. The molecular weight excluding hydrogens is 285 g/mol. The van der Waals surface area contributed by atoms with Gasteiger partial charge in [-0.05, 0) is 18.1 Å². The number of rotatable bonds is 1. The van der Waals surface area contributed by atoms with Crippen LogP contribution in [0.5, 0.6) is 0 Å². The lowest BCUT2D eigenvalue weighted by Crippen LogP contribution is -2.43. The first-order valence-corrected chi connectivity index (χ1v) is 6.03. The summed E-state index contributed by atoms with van der Waals surface area (Å²) in [6.45, 7) is 3.46. The minimum Gasteiger partial charge on any atom is -0.342 e. The summed E-state index contributed by atoms with van der Waals surface area (Å²) in [5.41, 5.74) is 0. The largest absolute Gasteiger partial charge is 0.342 e. The monoisotopic (exact) mass is 299 g/mol. The molecule has 1 amide bonds. The average Bonchev–Trinajstić information content (AvgIpc) is 2.04. The summed E-state index contributed by atoms with van der Waals surface area (Å²) >= 11 is 6.72. The van der Waals surface area contributed by atoms with Gasteiger partial charge in [-0.1, -0.05) is 22.6 Å². The number of amides is 1. The Morgan fingerprint density at radius 3 is 2.83 bits per heavy atom. The lowest BCUT2D eigenvalue weighted by Gasteiger charge is -2.34. The molecule has 0 aromatic rings. The second kappa shape index (κ2) is 4.69. The Labute approximate surface area is 92.6 Å². The molecule has 1 heterocycles. The molecule has 1 aliphatic rings. The Bertz CT molecular complexity index is 176. The van der Waals surface area contributed by atoms with Gasteiger partial charge >= 0.3 is 0 Å². The van der Waals surface area contributed by atoms with Crippen molar-refractivity contribution in [3.63, 3.8) is 0 Å². The minimum absolute atomic E-state index is 0.203. The van der Waals surface area contributed by atoms with Crippen molar-refractivity contribution in [3.05, 3.63) is 0 Å². The summed E-state index contributed by atoms with van der Waals surface area (Å²) in [6, 6.07) is 0. The van der Waals surface area contributed by atoms with E-state index in [1.165, 1.54) is 0 Å². The SMILES string of the molecule is CC(=O)N1CCC(CS)C(I)C1. The summed E-state index contributed by atoms with van der Waals surface area (Å²) in [4.78, 5) is 13.0. The molecular formula is C8H14INOS. The summed E-state index contributed by atoms with van der Waals surface area (Å²) in [5.74, 6) is 1.83. The molecule has 0 radical (unpaired) electrons. The van der Waals surface area contributed by atoms with Crippen LogP contribution >= 0.6 is 35.2 Å². The van der Waals surface area contributed by atoms with Crippen LogP contribution in [0.2, 0.25) is 0 Å². The van der Waals surface area contributed by atoms with E-state index in [-0.39, 0.29) is 5.91 Å². The highest BCUT2D eigenvalue weighted by molar-refractivity contribution is 14.1. The summed E-state index contributed by atoms with van der Waals surface area (Å²) < 4.78 is 0.581. The first-order chi connectivity index (χ1) is 5.65. The third-order valence-electron chi connectivity index (χ3n) is 2.36. The fourth-order valence-electron chi connectivity index (χ4n) is 1.45. The van der Waals surface area contributed by atoms with Crippen molar-refractivity contribution in [1.82, 2.24) is 4.90 Å². The van der Waals surface area contributed by atoms with Crippen LogP contribution in [0.4, 0.5) is 0 Å². The maximum Gasteiger partial charge on any atom is 0.219 e. The quantitative estimate of drug-likeness (QED) is 0.443. The Hall–Kier alpha value is 0.550. The summed E-state index contributed by atoms with van der Waals surface area (Å²) in [5, 5.41) is 0. The maximum atomic E-state index is 11.0.